The number of rotatable bonds is 9. The number of likely N-dealkylation sites (N-methyl/N-ethyl adjacent to an activating group) is 1. The van der Waals surface area contributed by atoms with Crippen molar-refractivity contribution >= 4 is 11.8 Å². The minimum Gasteiger partial charge on any atom is -0.476 e. The smallest absolute Gasteiger partial charge is 0.356 e. The molecule has 2 rings (SSSR count). The lowest BCUT2D eigenvalue weighted by atomic mass is 10.0. The molecule has 0 saturated carbocycles. The Labute approximate surface area is 142 Å². The van der Waals surface area contributed by atoms with Crippen molar-refractivity contribution in [2.75, 3.05) is 25.0 Å². The summed E-state index contributed by atoms with van der Waals surface area (Å²) < 4.78 is 0. The molecule has 128 valence electrons. The van der Waals surface area contributed by atoms with Gasteiger partial charge in [0.05, 0.1) is 12.4 Å². The summed E-state index contributed by atoms with van der Waals surface area (Å²) in [7, 11) is 0. The lowest BCUT2D eigenvalue weighted by Crippen LogP contribution is -2.41. The number of aromatic carboxylic acids is 1. The Balaban J connectivity index is 2.03. The summed E-state index contributed by atoms with van der Waals surface area (Å²) >= 11 is 0. The van der Waals surface area contributed by atoms with E-state index in [9.17, 15) is 4.79 Å². The molecule has 0 bridgehead atoms. The number of anilines is 1. The normalized spacial score (nSPS) is 12.1. The standard InChI is InChI=1S/C18H24N4O2/c1-3-22(4-2)15(10-14-8-6-5-7-9-14)11-20-17-13-19-16(12-21-17)18(23)24/h5-9,12-13,15H,3-4,10-11H2,1-2H3,(H,20,21)(H,23,24). The maximum absolute atomic E-state index is 10.8. The Kier molecular flexibility index (Phi) is 6.69. The van der Waals surface area contributed by atoms with Crippen LogP contribution in [0.5, 0.6) is 0 Å². The van der Waals surface area contributed by atoms with Crippen molar-refractivity contribution in [3.63, 3.8) is 0 Å². The largest absolute Gasteiger partial charge is 0.476 e. The van der Waals surface area contributed by atoms with Gasteiger partial charge in [-0.3, -0.25) is 4.90 Å². The van der Waals surface area contributed by atoms with Gasteiger partial charge in [-0.15, -0.1) is 0 Å². The first-order chi connectivity index (χ1) is 11.6. The van der Waals surface area contributed by atoms with Crippen LogP contribution in [-0.4, -0.2) is 51.6 Å². The van der Waals surface area contributed by atoms with Gasteiger partial charge in [0.2, 0.25) is 0 Å². The monoisotopic (exact) mass is 328 g/mol. The number of hydrogen-bond donors (Lipinski definition) is 2. The molecule has 0 aliphatic carbocycles. The highest BCUT2D eigenvalue weighted by Gasteiger charge is 2.16. The van der Waals surface area contributed by atoms with E-state index in [1.165, 1.54) is 18.0 Å². The van der Waals surface area contributed by atoms with Crippen LogP contribution in [0, 0.1) is 0 Å². The third-order valence-corrected chi connectivity index (χ3v) is 4.03. The third-order valence-electron chi connectivity index (χ3n) is 4.03. The van der Waals surface area contributed by atoms with Crippen LogP contribution in [0.4, 0.5) is 5.82 Å². The van der Waals surface area contributed by atoms with Crippen LogP contribution in [0.1, 0.15) is 29.9 Å². The highest BCUT2D eigenvalue weighted by molar-refractivity contribution is 5.84. The van der Waals surface area contributed by atoms with Crippen molar-refractivity contribution in [3.05, 3.63) is 54.0 Å². The van der Waals surface area contributed by atoms with Gasteiger partial charge in [0.15, 0.2) is 5.69 Å². The van der Waals surface area contributed by atoms with Crippen LogP contribution < -0.4 is 5.32 Å². The molecule has 6 nitrogen and oxygen atoms in total. The van der Waals surface area contributed by atoms with Crippen molar-refractivity contribution in [2.24, 2.45) is 0 Å². The van der Waals surface area contributed by atoms with Crippen LogP contribution in [0.15, 0.2) is 42.7 Å². The molecule has 2 aromatic rings. The second kappa shape index (κ2) is 8.98. The molecular formula is C18H24N4O2. The SMILES string of the molecule is CCN(CC)C(CNc1cnc(C(=O)O)cn1)Cc1ccccc1. The number of aromatic nitrogens is 2. The summed E-state index contributed by atoms with van der Waals surface area (Å²) in [5, 5.41) is 12.1. The summed E-state index contributed by atoms with van der Waals surface area (Å²) in [5.41, 5.74) is 1.24. The minimum absolute atomic E-state index is 0.0508. The summed E-state index contributed by atoms with van der Waals surface area (Å²) in [6.07, 6.45) is 3.68. The van der Waals surface area contributed by atoms with Crippen LogP contribution in [0.3, 0.4) is 0 Å². The van der Waals surface area contributed by atoms with Gasteiger partial charge >= 0.3 is 5.97 Å². The summed E-state index contributed by atoms with van der Waals surface area (Å²) in [4.78, 5) is 21.2. The van der Waals surface area contributed by atoms with E-state index in [4.69, 9.17) is 5.11 Å². The van der Waals surface area contributed by atoms with E-state index in [0.717, 1.165) is 26.1 Å². The minimum atomic E-state index is -1.07. The Morgan fingerprint density at radius 3 is 2.42 bits per heavy atom. The second-order valence-electron chi connectivity index (χ2n) is 5.54. The fourth-order valence-electron chi connectivity index (χ4n) is 2.71. The molecule has 0 aliphatic rings. The van der Waals surface area contributed by atoms with E-state index < -0.39 is 5.97 Å². The van der Waals surface area contributed by atoms with Crippen LogP contribution in [0.2, 0.25) is 0 Å². The Morgan fingerprint density at radius 1 is 1.17 bits per heavy atom. The molecule has 1 heterocycles. The lowest BCUT2D eigenvalue weighted by Gasteiger charge is -2.30. The fourth-order valence-corrected chi connectivity index (χ4v) is 2.71. The van der Waals surface area contributed by atoms with Gasteiger partial charge in [0.1, 0.15) is 5.82 Å². The summed E-state index contributed by atoms with van der Waals surface area (Å²) in [6.45, 7) is 6.97. The molecule has 0 radical (unpaired) electrons. The molecule has 0 fully saturated rings. The quantitative estimate of drug-likeness (QED) is 0.736. The van der Waals surface area contributed by atoms with Gasteiger partial charge in [0, 0.05) is 12.6 Å². The van der Waals surface area contributed by atoms with Crippen LogP contribution >= 0.6 is 0 Å². The molecule has 0 spiro atoms. The number of nitrogens with one attached hydrogen (secondary N) is 1. The predicted molar refractivity (Wildman–Crippen MR) is 94.3 cm³/mol. The van der Waals surface area contributed by atoms with Gasteiger partial charge in [-0.1, -0.05) is 44.2 Å². The molecular weight excluding hydrogens is 304 g/mol. The molecule has 1 aromatic heterocycles. The number of carbonyl (C=O) groups is 1. The van der Waals surface area contributed by atoms with Crippen molar-refractivity contribution < 1.29 is 9.90 Å². The van der Waals surface area contributed by atoms with Crippen molar-refractivity contribution in [3.8, 4) is 0 Å². The maximum atomic E-state index is 10.8. The fraction of sp³-hybridized carbons (Fsp3) is 0.389. The first kappa shape index (κ1) is 17.9. The highest BCUT2D eigenvalue weighted by Crippen LogP contribution is 2.11. The zero-order valence-corrected chi connectivity index (χ0v) is 14.1. The number of carboxylic acid groups (broad SMARTS) is 1. The topological polar surface area (TPSA) is 78.4 Å². The number of nitrogens with zero attached hydrogens (tertiary/aromatic N) is 3. The number of carboxylic acids is 1. The zero-order chi connectivity index (χ0) is 17.4. The lowest BCUT2D eigenvalue weighted by molar-refractivity contribution is 0.0690. The molecule has 0 aliphatic heterocycles. The van der Waals surface area contributed by atoms with Crippen molar-refractivity contribution in [1.29, 1.82) is 0 Å². The van der Waals surface area contributed by atoms with E-state index in [0.29, 0.717) is 11.9 Å². The van der Waals surface area contributed by atoms with Gasteiger partial charge in [-0.25, -0.2) is 14.8 Å². The molecule has 2 N–H and O–H groups in total. The average molecular weight is 328 g/mol. The van der Waals surface area contributed by atoms with Gasteiger partial charge < -0.3 is 10.4 Å². The predicted octanol–water partition coefficient (Wildman–Crippen LogP) is 2.54. The third kappa shape index (κ3) is 5.03. The molecule has 0 saturated heterocycles. The van der Waals surface area contributed by atoms with E-state index in [2.05, 4.69) is 58.3 Å². The summed E-state index contributed by atoms with van der Waals surface area (Å²) in [5.74, 6) is -0.482. The molecule has 0 amide bonds. The zero-order valence-electron chi connectivity index (χ0n) is 14.1. The highest BCUT2D eigenvalue weighted by atomic mass is 16.4. The summed E-state index contributed by atoms with van der Waals surface area (Å²) in [6, 6.07) is 10.7. The van der Waals surface area contributed by atoms with E-state index >= 15 is 0 Å². The Morgan fingerprint density at radius 2 is 1.88 bits per heavy atom. The Bertz CT molecular complexity index is 627. The van der Waals surface area contributed by atoms with E-state index in [-0.39, 0.29) is 5.69 Å². The molecule has 1 atom stereocenters. The number of hydrogen-bond acceptors (Lipinski definition) is 5. The number of benzene rings is 1. The van der Waals surface area contributed by atoms with Crippen molar-refractivity contribution in [1.82, 2.24) is 14.9 Å². The first-order valence-corrected chi connectivity index (χ1v) is 8.21. The van der Waals surface area contributed by atoms with Crippen LogP contribution in [0.25, 0.3) is 0 Å². The van der Waals surface area contributed by atoms with Crippen LogP contribution in [-0.2, 0) is 6.42 Å². The molecule has 6 heteroatoms. The Hall–Kier alpha value is -2.47. The molecule has 24 heavy (non-hydrogen) atoms. The van der Waals surface area contributed by atoms with Gasteiger partial charge in [-0.05, 0) is 25.1 Å². The maximum Gasteiger partial charge on any atom is 0.356 e. The molecule has 1 unspecified atom stereocenters. The van der Waals surface area contributed by atoms with Gasteiger partial charge in [0.25, 0.3) is 0 Å². The van der Waals surface area contributed by atoms with E-state index in [1.807, 2.05) is 6.07 Å². The van der Waals surface area contributed by atoms with Crippen molar-refractivity contribution in [2.45, 2.75) is 26.3 Å². The first-order valence-electron chi connectivity index (χ1n) is 8.21. The van der Waals surface area contributed by atoms with E-state index in [1.54, 1.807) is 0 Å². The average Bonchev–Trinajstić information content (AvgIpc) is 2.61. The molecule has 1 aromatic carbocycles. The second-order valence-corrected chi connectivity index (χ2v) is 5.54. The van der Waals surface area contributed by atoms with Gasteiger partial charge in [-0.2, -0.15) is 0 Å².